The monoisotopic (exact) mass is 223 g/mol. The van der Waals surface area contributed by atoms with E-state index in [0.29, 0.717) is 0 Å². The topological polar surface area (TPSA) is 37.0 Å². The van der Waals surface area contributed by atoms with Crippen molar-refractivity contribution in [2.24, 2.45) is 0 Å². The molecule has 0 radical (unpaired) electrons. The van der Waals surface area contributed by atoms with Gasteiger partial charge in [0.25, 0.3) is 0 Å². The van der Waals surface area contributed by atoms with Gasteiger partial charge in [0.2, 0.25) is 0 Å². The third-order valence-electron chi connectivity index (χ3n) is 2.61. The Kier molecular flexibility index (Phi) is 3.51. The molecule has 0 aromatic carbocycles. The summed E-state index contributed by atoms with van der Waals surface area (Å²) in [5.41, 5.74) is 4.15. The average Bonchev–Trinajstić information content (AvgIpc) is 2.48. The molecular formula is C11H17N3S. The molecule has 0 aliphatic carbocycles. The van der Waals surface area contributed by atoms with Crippen molar-refractivity contribution < 1.29 is 0 Å². The van der Waals surface area contributed by atoms with Gasteiger partial charge in [-0.3, -0.25) is 0 Å². The Bertz CT molecular complexity index is 362. The number of aromatic nitrogens is 1. The van der Waals surface area contributed by atoms with Gasteiger partial charge >= 0.3 is 0 Å². The highest BCUT2D eigenvalue weighted by Gasteiger charge is 2.10. The summed E-state index contributed by atoms with van der Waals surface area (Å²) in [6.45, 7) is 8.25. The second kappa shape index (κ2) is 4.88. The Morgan fingerprint density at radius 2 is 2.40 bits per heavy atom. The molecule has 82 valence electrons. The Labute approximate surface area is 94.6 Å². The van der Waals surface area contributed by atoms with Crippen LogP contribution in [0.15, 0.2) is 16.5 Å². The summed E-state index contributed by atoms with van der Waals surface area (Å²) in [5.74, 6) is 0. The van der Waals surface area contributed by atoms with E-state index in [9.17, 15) is 0 Å². The lowest BCUT2D eigenvalue weighted by atomic mass is 10.0. The summed E-state index contributed by atoms with van der Waals surface area (Å²) in [6.07, 6.45) is 0. The zero-order valence-electron chi connectivity index (χ0n) is 9.26. The molecule has 1 aliphatic rings. The van der Waals surface area contributed by atoms with Crippen molar-refractivity contribution in [3.8, 4) is 0 Å². The van der Waals surface area contributed by atoms with Gasteiger partial charge < -0.3 is 10.6 Å². The highest BCUT2D eigenvalue weighted by molar-refractivity contribution is 7.09. The van der Waals surface area contributed by atoms with Gasteiger partial charge in [0, 0.05) is 37.3 Å². The molecule has 2 rings (SSSR count). The van der Waals surface area contributed by atoms with Crippen molar-refractivity contribution in [2.45, 2.75) is 20.4 Å². The zero-order chi connectivity index (χ0) is 10.7. The fourth-order valence-electron chi connectivity index (χ4n) is 1.52. The van der Waals surface area contributed by atoms with E-state index >= 15 is 0 Å². The van der Waals surface area contributed by atoms with E-state index in [0.717, 1.165) is 31.9 Å². The molecule has 1 saturated heterocycles. The summed E-state index contributed by atoms with van der Waals surface area (Å²) in [4.78, 5) is 4.41. The predicted molar refractivity (Wildman–Crippen MR) is 64.1 cm³/mol. The maximum Gasteiger partial charge on any atom is 0.107 e. The van der Waals surface area contributed by atoms with E-state index in [-0.39, 0.29) is 0 Å². The molecule has 0 unspecified atom stereocenters. The van der Waals surface area contributed by atoms with Gasteiger partial charge in [0.1, 0.15) is 5.01 Å². The average molecular weight is 223 g/mol. The minimum atomic E-state index is 0.885. The number of hydrogen-bond donors (Lipinski definition) is 2. The van der Waals surface area contributed by atoms with Crippen LogP contribution in [0.2, 0.25) is 0 Å². The van der Waals surface area contributed by atoms with Crippen molar-refractivity contribution in [1.82, 2.24) is 15.6 Å². The fourth-order valence-corrected chi connectivity index (χ4v) is 2.26. The van der Waals surface area contributed by atoms with Gasteiger partial charge in [-0.05, 0) is 19.4 Å². The SMILES string of the molecule is CC(CNCc1nc(C)cs1)=C1CNC1. The Balaban J connectivity index is 1.75. The van der Waals surface area contributed by atoms with Crippen LogP contribution in [0, 0.1) is 6.92 Å². The molecule has 1 aromatic rings. The van der Waals surface area contributed by atoms with Gasteiger partial charge in [-0.25, -0.2) is 4.98 Å². The summed E-state index contributed by atoms with van der Waals surface area (Å²) < 4.78 is 0. The number of hydrogen-bond acceptors (Lipinski definition) is 4. The lowest BCUT2D eigenvalue weighted by molar-refractivity contribution is 0.640. The van der Waals surface area contributed by atoms with E-state index in [1.165, 1.54) is 10.6 Å². The minimum Gasteiger partial charge on any atom is -0.309 e. The van der Waals surface area contributed by atoms with Crippen LogP contribution in [0.5, 0.6) is 0 Å². The first-order valence-electron chi connectivity index (χ1n) is 5.25. The van der Waals surface area contributed by atoms with Gasteiger partial charge in [-0.15, -0.1) is 11.3 Å². The molecule has 0 bridgehead atoms. The van der Waals surface area contributed by atoms with E-state index in [2.05, 4.69) is 27.9 Å². The summed E-state index contributed by atoms with van der Waals surface area (Å²) in [6, 6.07) is 0. The molecule has 0 saturated carbocycles. The highest BCUT2D eigenvalue weighted by Crippen LogP contribution is 2.10. The first-order chi connectivity index (χ1) is 7.25. The molecule has 0 atom stereocenters. The molecule has 1 fully saturated rings. The largest absolute Gasteiger partial charge is 0.309 e. The normalized spacial score (nSPS) is 15.2. The van der Waals surface area contributed by atoms with Crippen LogP contribution in [0.3, 0.4) is 0 Å². The summed E-state index contributed by atoms with van der Waals surface area (Å²) in [5, 5.41) is 9.96. The van der Waals surface area contributed by atoms with Crippen LogP contribution in [-0.4, -0.2) is 24.6 Å². The first-order valence-corrected chi connectivity index (χ1v) is 6.13. The molecule has 4 heteroatoms. The van der Waals surface area contributed by atoms with Gasteiger partial charge in [0.05, 0.1) is 0 Å². The molecule has 2 heterocycles. The number of nitrogens with zero attached hydrogens (tertiary/aromatic N) is 1. The third-order valence-corrected chi connectivity index (χ3v) is 3.58. The van der Waals surface area contributed by atoms with E-state index < -0.39 is 0 Å². The van der Waals surface area contributed by atoms with Crippen molar-refractivity contribution in [3.63, 3.8) is 0 Å². The predicted octanol–water partition coefficient (Wildman–Crippen LogP) is 1.46. The lowest BCUT2D eigenvalue weighted by Gasteiger charge is -2.22. The number of nitrogens with one attached hydrogen (secondary N) is 2. The van der Waals surface area contributed by atoms with Crippen LogP contribution in [0.25, 0.3) is 0 Å². The zero-order valence-corrected chi connectivity index (χ0v) is 10.1. The van der Waals surface area contributed by atoms with E-state index in [4.69, 9.17) is 0 Å². The van der Waals surface area contributed by atoms with Crippen molar-refractivity contribution in [3.05, 3.63) is 27.2 Å². The number of rotatable bonds is 4. The Morgan fingerprint density at radius 3 is 2.93 bits per heavy atom. The van der Waals surface area contributed by atoms with Crippen LogP contribution in [-0.2, 0) is 6.54 Å². The maximum absolute atomic E-state index is 4.41. The van der Waals surface area contributed by atoms with Crippen LogP contribution < -0.4 is 10.6 Å². The van der Waals surface area contributed by atoms with Gasteiger partial charge in [-0.1, -0.05) is 5.57 Å². The van der Waals surface area contributed by atoms with Crippen molar-refractivity contribution in [2.75, 3.05) is 19.6 Å². The highest BCUT2D eigenvalue weighted by atomic mass is 32.1. The molecule has 1 aliphatic heterocycles. The van der Waals surface area contributed by atoms with E-state index in [1.807, 2.05) is 6.92 Å². The molecule has 2 N–H and O–H groups in total. The third kappa shape index (κ3) is 2.87. The van der Waals surface area contributed by atoms with Crippen LogP contribution in [0.4, 0.5) is 0 Å². The van der Waals surface area contributed by atoms with Crippen LogP contribution >= 0.6 is 11.3 Å². The minimum absolute atomic E-state index is 0.885. The maximum atomic E-state index is 4.41. The fraction of sp³-hybridized carbons (Fsp3) is 0.545. The summed E-state index contributed by atoms with van der Waals surface area (Å²) in [7, 11) is 0. The Morgan fingerprint density at radius 1 is 1.60 bits per heavy atom. The van der Waals surface area contributed by atoms with E-state index in [1.54, 1.807) is 16.9 Å². The van der Waals surface area contributed by atoms with Gasteiger partial charge in [-0.2, -0.15) is 0 Å². The Hall–Kier alpha value is -0.710. The number of thiazole rings is 1. The van der Waals surface area contributed by atoms with Gasteiger partial charge in [0.15, 0.2) is 0 Å². The molecule has 0 amide bonds. The second-order valence-corrected chi connectivity index (χ2v) is 4.92. The molecule has 0 spiro atoms. The van der Waals surface area contributed by atoms with Crippen molar-refractivity contribution in [1.29, 1.82) is 0 Å². The number of aryl methyl sites for hydroxylation is 1. The quantitative estimate of drug-likeness (QED) is 0.759. The molecule has 15 heavy (non-hydrogen) atoms. The standard InChI is InChI=1S/C11H17N3S/c1-8(10-4-13-5-10)3-12-6-11-14-9(2)7-15-11/h7,12-13H,3-6H2,1-2H3. The second-order valence-electron chi connectivity index (χ2n) is 3.97. The van der Waals surface area contributed by atoms with Crippen LogP contribution in [0.1, 0.15) is 17.6 Å². The molecular weight excluding hydrogens is 206 g/mol. The first kappa shape index (κ1) is 10.8. The molecule has 1 aromatic heterocycles. The summed E-state index contributed by atoms with van der Waals surface area (Å²) >= 11 is 1.73. The smallest absolute Gasteiger partial charge is 0.107 e. The lowest BCUT2D eigenvalue weighted by Crippen LogP contribution is -2.36. The molecule has 3 nitrogen and oxygen atoms in total. The van der Waals surface area contributed by atoms with Crippen molar-refractivity contribution >= 4 is 11.3 Å².